The Kier molecular flexibility index (Phi) is 6.07. The van der Waals surface area contributed by atoms with Gasteiger partial charge in [0.05, 0.1) is 23.9 Å². The number of aromatic nitrogens is 1. The lowest BCUT2D eigenvalue weighted by Gasteiger charge is -2.43. The number of amides is 1. The summed E-state index contributed by atoms with van der Waals surface area (Å²) in [7, 11) is 0. The van der Waals surface area contributed by atoms with E-state index in [0.29, 0.717) is 48.5 Å². The van der Waals surface area contributed by atoms with E-state index in [1.165, 1.54) is 19.1 Å². The Morgan fingerprint density at radius 1 is 1.27 bits per heavy atom. The van der Waals surface area contributed by atoms with Gasteiger partial charge in [-0.15, -0.1) is 0 Å². The van der Waals surface area contributed by atoms with Crippen LogP contribution in [0.15, 0.2) is 12.3 Å². The molecule has 0 radical (unpaired) electrons. The summed E-state index contributed by atoms with van der Waals surface area (Å²) in [6, 6.07) is 4.43. The second-order valence-corrected chi connectivity index (χ2v) is 9.76. The zero-order chi connectivity index (χ0) is 22.9. The normalized spacial score (nSPS) is 23.3. The van der Waals surface area contributed by atoms with Gasteiger partial charge in [0.25, 0.3) is 0 Å². The highest BCUT2D eigenvalue weighted by Gasteiger charge is 2.45. The van der Waals surface area contributed by atoms with Gasteiger partial charge in [-0.3, -0.25) is 4.79 Å². The van der Waals surface area contributed by atoms with E-state index < -0.39 is 0 Å². The van der Waals surface area contributed by atoms with Crippen LogP contribution in [0.4, 0.5) is 5.82 Å². The molecule has 4 aliphatic rings. The van der Waals surface area contributed by atoms with Gasteiger partial charge in [0, 0.05) is 61.6 Å². The van der Waals surface area contributed by atoms with Crippen molar-refractivity contribution in [3.05, 3.63) is 29.1 Å². The number of carbonyl (C=O) groups is 1. The number of nitrogens with one attached hydrogen (secondary N) is 2. The zero-order valence-electron chi connectivity index (χ0n) is 19.0. The Bertz CT molecular complexity index is 1000. The highest BCUT2D eigenvalue weighted by atomic mass is 16.3. The number of aliphatic hydroxyl groups excluding tert-OH is 1. The van der Waals surface area contributed by atoms with Crippen molar-refractivity contribution in [1.29, 1.82) is 10.7 Å². The summed E-state index contributed by atoms with van der Waals surface area (Å²) in [6.07, 6.45) is 9.53. The number of rotatable bonds is 9. The Balaban J connectivity index is 1.45. The maximum Gasteiger partial charge on any atom is 0.226 e. The first kappa shape index (κ1) is 21.9. The molecule has 3 aliphatic carbocycles. The molecule has 0 spiro atoms. The van der Waals surface area contributed by atoms with Crippen molar-refractivity contribution < 1.29 is 9.90 Å². The monoisotopic (exact) mass is 448 g/mol. The fraction of sp³-hybridized carbons (Fsp3) is 0.600. The van der Waals surface area contributed by atoms with E-state index in [4.69, 9.17) is 15.5 Å². The van der Waals surface area contributed by atoms with Gasteiger partial charge in [0.2, 0.25) is 5.91 Å². The standard InChI is InChI=1S/C25H32N6O2/c26-12-19-11-21(20(13-27)14-28-7-10-32)23(17-3-4-17)29-24(19)30-8-9-31(25(33)18-5-6-18)22(15-30)16-1-2-16/h11,13-14,16-18,22,27-28,32H,1-10,15H2/b20-14+,27-13?. The number of aliphatic hydroxyl groups is 1. The van der Waals surface area contributed by atoms with Crippen LogP contribution < -0.4 is 10.2 Å². The molecule has 0 aromatic carbocycles. The molecule has 2 heterocycles. The van der Waals surface area contributed by atoms with E-state index in [9.17, 15) is 10.1 Å². The number of allylic oxidation sites excluding steroid dienone is 1. The molecule has 3 N–H and O–H groups in total. The largest absolute Gasteiger partial charge is 0.395 e. The molecular formula is C25H32N6O2. The van der Waals surface area contributed by atoms with Gasteiger partial charge in [-0.2, -0.15) is 5.26 Å². The predicted octanol–water partition coefficient (Wildman–Crippen LogP) is 2.24. The summed E-state index contributed by atoms with van der Waals surface area (Å²) in [5, 5.41) is 30.0. The van der Waals surface area contributed by atoms with Gasteiger partial charge in [-0.05, 0) is 50.5 Å². The molecule has 1 amide bonds. The molecule has 4 fully saturated rings. The summed E-state index contributed by atoms with van der Waals surface area (Å²) in [5.41, 5.74) is 2.95. The van der Waals surface area contributed by atoms with Crippen molar-refractivity contribution in [2.45, 2.75) is 50.5 Å². The number of piperazine rings is 1. The second kappa shape index (κ2) is 9.14. The quantitative estimate of drug-likeness (QED) is 0.394. The molecule has 33 heavy (non-hydrogen) atoms. The maximum absolute atomic E-state index is 12.9. The van der Waals surface area contributed by atoms with Gasteiger partial charge in [-0.25, -0.2) is 4.98 Å². The number of nitrogens with zero attached hydrogens (tertiary/aromatic N) is 4. The summed E-state index contributed by atoms with van der Waals surface area (Å²) < 4.78 is 0. The number of hydrogen-bond acceptors (Lipinski definition) is 7. The summed E-state index contributed by atoms with van der Waals surface area (Å²) in [6.45, 7) is 2.53. The fourth-order valence-corrected chi connectivity index (χ4v) is 4.91. The second-order valence-electron chi connectivity index (χ2n) is 9.76. The van der Waals surface area contributed by atoms with Gasteiger partial charge in [0.15, 0.2) is 0 Å². The Hall–Kier alpha value is -2.92. The molecule has 174 valence electrons. The van der Waals surface area contributed by atoms with Crippen LogP contribution in [-0.4, -0.2) is 65.9 Å². The third-order valence-corrected chi connectivity index (χ3v) is 7.19. The lowest BCUT2D eigenvalue weighted by molar-refractivity contribution is -0.135. The van der Waals surface area contributed by atoms with Crippen LogP contribution in [0.2, 0.25) is 0 Å². The molecule has 3 saturated carbocycles. The third kappa shape index (κ3) is 4.60. The van der Waals surface area contributed by atoms with Crippen LogP contribution in [-0.2, 0) is 4.79 Å². The molecule has 1 aromatic rings. The van der Waals surface area contributed by atoms with Crippen molar-refractivity contribution in [1.82, 2.24) is 15.2 Å². The van der Waals surface area contributed by atoms with E-state index in [2.05, 4.69) is 21.2 Å². The number of nitriles is 1. The van der Waals surface area contributed by atoms with Crippen LogP contribution in [0.3, 0.4) is 0 Å². The fourth-order valence-electron chi connectivity index (χ4n) is 4.91. The molecule has 5 rings (SSSR count). The minimum absolute atomic E-state index is 0.00921. The van der Waals surface area contributed by atoms with E-state index in [1.54, 1.807) is 6.20 Å². The van der Waals surface area contributed by atoms with Gasteiger partial charge >= 0.3 is 0 Å². The topological polar surface area (TPSA) is 116 Å². The molecule has 0 bridgehead atoms. The van der Waals surface area contributed by atoms with Gasteiger partial charge < -0.3 is 25.6 Å². The van der Waals surface area contributed by atoms with Gasteiger partial charge in [-0.1, -0.05) is 0 Å². The minimum Gasteiger partial charge on any atom is -0.395 e. The lowest BCUT2D eigenvalue weighted by atomic mass is 9.99. The molecule has 1 saturated heterocycles. The number of pyridine rings is 1. The van der Waals surface area contributed by atoms with Crippen LogP contribution >= 0.6 is 0 Å². The highest BCUT2D eigenvalue weighted by molar-refractivity contribution is 6.09. The first-order valence-corrected chi connectivity index (χ1v) is 12.2. The van der Waals surface area contributed by atoms with Crippen molar-refractivity contribution in [2.75, 3.05) is 37.7 Å². The third-order valence-electron chi connectivity index (χ3n) is 7.19. The summed E-state index contributed by atoms with van der Waals surface area (Å²) >= 11 is 0. The van der Waals surface area contributed by atoms with Gasteiger partial charge in [0.1, 0.15) is 11.9 Å². The van der Waals surface area contributed by atoms with E-state index in [-0.39, 0.29) is 18.6 Å². The first-order valence-electron chi connectivity index (χ1n) is 12.2. The maximum atomic E-state index is 12.9. The van der Waals surface area contributed by atoms with E-state index in [0.717, 1.165) is 49.3 Å². The molecule has 1 aliphatic heterocycles. The number of anilines is 1. The first-order chi connectivity index (χ1) is 16.1. The lowest BCUT2D eigenvalue weighted by Crippen LogP contribution is -2.57. The number of carbonyl (C=O) groups excluding carboxylic acids is 1. The molecule has 8 nitrogen and oxygen atoms in total. The van der Waals surface area contributed by atoms with Crippen LogP contribution in [0.5, 0.6) is 0 Å². The average molecular weight is 449 g/mol. The Morgan fingerprint density at radius 3 is 2.67 bits per heavy atom. The van der Waals surface area contributed by atoms with Crippen molar-refractivity contribution in [2.24, 2.45) is 11.8 Å². The zero-order valence-corrected chi connectivity index (χ0v) is 19.0. The van der Waals surface area contributed by atoms with Crippen molar-refractivity contribution >= 4 is 23.5 Å². The highest BCUT2D eigenvalue weighted by Crippen LogP contribution is 2.44. The SMILES string of the molecule is N#Cc1cc(/C(C=N)=C/NCCO)c(C2CC2)nc1N1CCN(C(=O)C2CC2)C(C2CC2)C1. The predicted molar refractivity (Wildman–Crippen MR) is 126 cm³/mol. The van der Waals surface area contributed by atoms with E-state index in [1.807, 2.05) is 6.07 Å². The van der Waals surface area contributed by atoms with Crippen molar-refractivity contribution in [3.63, 3.8) is 0 Å². The molecule has 1 unspecified atom stereocenters. The minimum atomic E-state index is 0.00921. The number of hydrogen-bond donors (Lipinski definition) is 3. The summed E-state index contributed by atoms with van der Waals surface area (Å²) in [5.74, 6) is 2.19. The molecular weight excluding hydrogens is 416 g/mol. The molecule has 8 heteroatoms. The smallest absolute Gasteiger partial charge is 0.226 e. The van der Waals surface area contributed by atoms with Crippen LogP contribution in [0.1, 0.15) is 61.3 Å². The van der Waals surface area contributed by atoms with Crippen molar-refractivity contribution in [3.8, 4) is 6.07 Å². The molecule has 1 atom stereocenters. The van der Waals surface area contributed by atoms with Crippen LogP contribution in [0.25, 0.3) is 5.57 Å². The van der Waals surface area contributed by atoms with E-state index >= 15 is 0 Å². The average Bonchev–Trinajstić information content (AvgIpc) is 3.69. The van der Waals surface area contributed by atoms with Crippen LogP contribution in [0, 0.1) is 28.6 Å². The Labute approximate surface area is 194 Å². The molecule has 1 aromatic heterocycles. The Morgan fingerprint density at radius 2 is 2.06 bits per heavy atom. The summed E-state index contributed by atoms with van der Waals surface area (Å²) in [4.78, 5) is 22.2.